The highest BCUT2D eigenvalue weighted by molar-refractivity contribution is 6.74. The highest BCUT2D eigenvalue weighted by atomic mass is 28.4. The normalized spacial score (nSPS) is 13.5. The zero-order chi connectivity index (χ0) is 24.3. The van der Waals surface area contributed by atoms with Crippen LogP contribution in [0.4, 0.5) is 4.79 Å². The summed E-state index contributed by atoms with van der Waals surface area (Å²) < 4.78 is 12.0. The van der Waals surface area contributed by atoms with E-state index < -0.39 is 14.4 Å². The monoisotopic (exact) mass is 457 g/mol. The number of hydrogen-bond donors (Lipinski definition) is 2. The first-order valence-corrected chi connectivity index (χ1v) is 14.0. The minimum Gasteiger partial charge on any atom is -0.497 e. The molecule has 176 valence electrons. The summed E-state index contributed by atoms with van der Waals surface area (Å²) in [6, 6.07) is 13.9. The molecule has 0 spiro atoms. The van der Waals surface area contributed by atoms with E-state index in [0.29, 0.717) is 12.4 Å². The van der Waals surface area contributed by atoms with Gasteiger partial charge in [0.1, 0.15) is 5.75 Å². The molecular formula is C26H39NO4Si. The van der Waals surface area contributed by atoms with Crippen molar-refractivity contribution in [2.75, 3.05) is 7.11 Å². The number of methoxy groups -OCH3 is 1. The van der Waals surface area contributed by atoms with Crippen LogP contribution < -0.4 is 10.1 Å². The smallest absolute Gasteiger partial charge is 0.405 e. The average molecular weight is 458 g/mol. The van der Waals surface area contributed by atoms with Gasteiger partial charge in [-0.2, -0.15) is 0 Å². The van der Waals surface area contributed by atoms with Gasteiger partial charge in [0.2, 0.25) is 0 Å². The van der Waals surface area contributed by atoms with E-state index >= 15 is 0 Å². The largest absolute Gasteiger partial charge is 0.497 e. The minimum atomic E-state index is -1.84. The molecule has 0 heterocycles. The number of rotatable bonds is 7. The Morgan fingerprint density at radius 1 is 1.03 bits per heavy atom. The highest BCUT2D eigenvalue weighted by Gasteiger charge is 2.37. The summed E-state index contributed by atoms with van der Waals surface area (Å²) in [5.41, 5.74) is 3.71. The molecule has 0 aliphatic rings. The number of nitrogens with one attached hydrogen (secondary N) is 1. The van der Waals surface area contributed by atoms with Crippen molar-refractivity contribution in [3.05, 3.63) is 53.6 Å². The molecule has 2 aromatic carbocycles. The second kappa shape index (κ2) is 9.67. The maximum atomic E-state index is 11.5. The zero-order valence-corrected chi connectivity index (χ0v) is 22.0. The van der Waals surface area contributed by atoms with Crippen LogP contribution in [0, 0.1) is 5.41 Å². The predicted molar refractivity (Wildman–Crippen MR) is 134 cm³/mol. The van der Waals surface area contributed by atoms with Crippen molar-refractivity contribution in [3.8, 4) is 16.9 Å². The van der Waals surface area contributed by atoms with Gasteiger partial charge in [0, 0.05) is 0 Å². The van der Waals surface area contributed by atoms with Gasteiger partial charge in [0.25, 0.3) is 0 Å². The first kappa shape index (κ1) is 25.9. The topological polar surface area (TPSA) is 67.8 Å². The van der Waals surface area contributed by atoms with Gasteiger partial charge in [-0.25, -0.2) is 4.79 Å². The van der Waals surface area contributed by atoms with E-state index in [2.05, 4.69) is 57.4 Å². The Bertz CT molecular complexity index is 942. The summed E-state index contributed by atoms with van der Waals surface area (Å²) in [6.07, 6.45) is -1.04. The van der Waals surface area contributed by atoms with E-state index in [1.54, 1.807) is 7.11 Å². The molecule has 1 unspecified atom stereocenters. The molecule has 5 nitrogen and oxygen atoms in total. The summed E-state index contributed by atoms with van der Waals surface area (Å²) in [7, 11) is -0.215. The molecule has 0 aliphatic carbocycles. The Morgan fingerprint density at radius 3 is 2.22 bits per heavy atom. The van der Waals surface area contributed by atoms with Gasteiger partial charge in [-0.1, -0.05) is 59.7 Å². The lowest BCUT2D eigenvalue weighted by atomic mass is 9.81. The third kappa shape index (κ3) is 6.59. The van der Waals surface area contributed by atoms with Crippen LogP contribution in [0.5, 0.6) is 5.75 Å². The van der Waals surface area contributed by atoms with Crippen LogP contribution in [0.25, 0.3) is 11.1 Å². The Labute approximate surface area is 194 Å². The standard InChI is InChI=1S/C26H39NO4Si/c1-25(2,3)23(27-24(28)29)21-14-20(15-22(16-21)30-7)19-12-10-11-18(13-19)17-31-32(8,9)26(4,5)6/h10-16,23,27H,17H2,1-9H3,(H,28,29). The van der Waals surface area contributed by atoms with Gasteiger partial charge < -0.3 is 19.6 Å². The van der Waals surface area contributed by atoms with E-state index in [4.69, 9.17) is 9.16 Å². The Hall–Kier alpha value is -2.31. The summed E-state index contributed by atoms with van der Waals surface area (Å²) in [5.74, 6) is 0.696. The van der Waals surface area contributed by atoms with Crippen molar-refractivity contribution in [1.82, 2.24) is 5.32 Å². The molecule has 1 atom stereocenters. The average Bonchev–Trinajstić information content (AvgIpc) is 2.68. The zero-order valence-electron chi connectivity index (χ0n) is 21.0. The van der Waals surface area contributed by atoms with Crippen molar-refractivity contribution < 1.29 is 19.1 Å². The molecular weight excluding hydrogens is 418 g/mol. The molecule has 0 radical (unpaired) electrons. The van der Waals surface area contributed by atoms with E-state index in [1.165, 1.54) is 0 Å². The van der Waals surface area contributed by atoms with Crippen molar-refractivity contribution in [2.24, 2.45) is 5.41 Å². The molecule has 2 rings (SSSR count). The van der Waals surface area contributed by atoms with E-state index in [1.807, 2.05) is 45.0 Å². The summed E-state index contributed by atoms with van der Waals surface area (Å²) >= 11 is 0. The van der Waals surface area contributed by atoms with Crippen LogP contribution in [-0.2, 0) is 11.0 Å². The molecule has 0 aromatic heterocycles. The second-order valence-electron chi connectivity index (χ2n) is 11.0. The number of ether oxygens (including phenoxy) is 1. The summed E-state index contributed by atoms with van der Waals surface area (Å²) in [6.45, 7) is 17.9. The quantitative estimate of drug-likeness (QED) is 0.430. The maximum absolute atomic E-state index is 11.5. The van der Waals surface area contributed by atoms with Gasteiger partial charge in [-0.05, 0) is 70.1 Å². The molecule has 0 fully saturated rings. The van der Waals surface area contributed by atoms with E-state index in [0.717, 1.165) is 22.3 Å². The number of hydrogen-bond acceptors (Lipinski definition) is 3. The summed E-state index contributed by atoms with van der Waals surface area (Å²) in [5, 5.41) is 12.2. The van der Waals surface area contributed by atoms with Gasteiger partial charge >= 0.3 is 6.09 Å². The van der Waals surface area contributed by atoms with Crippen LogP contribution >= 0.6 is 0 Å². The molecule has 2 aromatic rings. The fourth-order valence-corrected chi connectivity index (χ4v) is 4.28. The van der Waals surface area contributed by atoms with Crippen LogP contribution in [0.2, 0.25) is 18.1 Å². The molecule has 0 saturated carbocycles. The molecule has 6 heteroatoms. The fraction of sp³-hybridized carbons (Fsp3) is 0.500. The Balaban J connectivity index is 2.42. The first-order chi connectivity index (χ1) is 14.6. The number of benzene rings is 2. The Morgan fingerprint density at radius 2 is 1.69 bits per heavy atom. The fourth-order valence-electron chi connectivity index (χ4n) is 3.32. The van der Waals surface area contributed by atoms with Gasteiger partial charge in [-0.15, -0.1) is 0 Å². The van der Waals surface area contributed by atoms with Crippen molar-refractivity contribution >= 4 is 14.4 Å². The van der Waals surface area contributed by atoms with Crippen LogP contribution in [-0.4, -0.2) is 26.6 Å². The summed E-state index contributed by atoms with van der Waals surface area (Å²) in [4.78, 5) is 11.5. The molecule has 0 bridgehead atoms. The van der Waals surface area contributed by atoms with Crippen LogP contribution in [0.3, 0.4) is 0 Å². The molecule has 2 N–H and O–H groups in total. The number of carboxylic acid groups (broad SMARTS) is 1. The van der Waals surface area contributed by atoms with Crippen LogP contribution in [0.1, 0.15) is 58.7 Å². The molecule has 32 heavy (non-hydrogen) atoms. The lowest BCUT2D eigenvalue weighted by molar-refractivity contribution is 0.175. The Kier molecular flexibility index (Phi) is 7.84. The molecule has 0 saturated heterocycles. The number of amides is 1. The van der Waals surface area contributed by atoms with E-state index in [9.17, 15) is 9.90 Å². The predicted octanol–water partition coefficient (Wildman–Crippen LogP) is 7.24. The van der Waals surface area contributed by atoms with Gasteiger partial charge in [-0.3, -0.25) is 0 Å². The number of carbonyl (C=O) groups is 1. The molecule has 1 amide bonds. The first-order valence-electron chi connectivity index (χ1n) is 11.1. The van der Waals surface area contributed by atoms with Gasteiger partial charge in [0.05, 0.1) is 19.8 Å². The maximum Gasteiger partial charge on any atom is 0.405 e. The minimum absolute atomic E-state index is 0.158. The van der Waals surface area contributed by atoms with Crippen molar-refractivity contribution in [3.63, 3.8) is 0 Å². The lowest BCUT2D eigenvalue weighted by Gasteiger charge is -2.36. The molecule has 0 aliphatic heterocycles. The van der Waals surface area contributed by atoms with Gasteiger partial charge in [0.15, 0.2) is 8.32 Å². The van der Waals surface area contributed by atoms with Crippen molar-refractivity contribution in [1.29, 1.82) is 0 Å². The van der Waals surface area contributed by atoms with Crippen LogP contribution in [0.15, 0.2) is 42.5 Å². The SMILES string of the molecule is COc1cc(-c2cccc(CO[Si](C)(C)C(C)(C)C)c2)cc(C(NC(=O)O)C(C)(C)C)c1. The van der Waals surface area contributed by atoms with E-state index in [-0.39, 0.29) is 16.5 Å². The highest BCUT2D eigenvalue weighted by Crippen LogP contribution is 2.38. The lowest BCUT2D eigenvalue weighted by Crippen LogP contribution is -2.40. The third-order valence-electron chi connectivity index (χ3n) is 6.30. The second-order valence-corrected chi connectivity index (χ2v) is 15.8. The van der Waals surface area contributed by atoms with Crippen molar-refractivity contribution in [2.45, 2.75) is 72.3 Å². The third-order valence-corrected chi connectivity index (χ3v) is 10.8.